The molecule has 3 rings (SSSR count). The molecule has 0 saturated heterocycles. The van der Waals surface area contributed by atoms with Crippen molar-refractivity contribution < 1.29 is 19.4 Å². The van der Waals surface area contributed by atoms with Crippen molar-refractivity contribution in [2.45, 2.75) is 45.1 Å². The molecule has 1 N–H and O–H groups in total. The molecule has 4 nitrogen and oxygen atoms in total. The van der Waals surface area contributed by atoms with Crippen LogP contribution in [0.5, 0.6) is 0 Å². The number of aryl methyl sites for hydroxylation is 2. The third-order valence-corrected chi connectivity index (χ3v) is 5.88. The predicted molar refractivity (Wildman–Crippen MR) is 118 cm³/mol. The van der Waals surface area contributed by atoms with Crippen LogP contribution in [-0.2, 0) is 29.0 Å². The predicted octanol–water partition coefficient (Wildman–Crippen LogP) is 5.25. The summed E-state index contributed by atoms with van der Waals surface area (Å²) in [7, 11) is 1.71. The summed E-state index contributed by atoms with van der Waals surface area (Å²) < 4.78 is 5.20. The maximum absolute atomic E-state index is 12.4. The van der Waals surface area contributed by atoms with E-state index in [2.05, 4.69) is 36.4 Å². The summed E-state index contributed by atoms with van der Waals surface area (Å²) in [5.41, 5.74) is 3.87. The minimum Gasteiger partial charge on any atom is -0.478 e. The Morgan fingerprint density at radius 2 is 1.87 bits per heavy atom. The van der Waals surface area contributed by atoms with E-state index in [0.717, 1.165) is 37.7 Å². The Morgan fingerprint density at radius 1 is 1.10 bits per heavy atom. The molecule has 0 bridgehead atoms. The molecule has 158 valence electrons. The van der Waals surface area contributed by atoms with E-state index < -0.39 is 5.97 Å². The zero-order valence-electron chi connectivity index (χ0n) is 17.5. The van der Waals surface area contributed by atoms with Crippen molar-refractivity contribution in [3.8, 4) is 0 Å². The molecule has 0 spiro atoms. The van der Waals surface area contributed by atoms with Gasteiger partial charge in [-0.3, -0.25) is 4.79 Å². The Hall–Kier alpha value is -2.72. The van der Waals surface area contributed by atoms with Crippen molar-refractivity contribution in [3.63, 3.8) is 0 Å². The lowest BCUT2D eigenvalue weighted by Crippen LogP contribution is -2.14. The van der Waals surface area contributed by atoms with Gasteiger partial charge in [0.1, 0.15) is 5.78 Å². The molecule has 1 saturated carbocycles. The summed E-state index contributed by atoms with van der Waals surface area (Å²) in [5.74, 6) is -0.164. The average Bonchev–Trinajstić information content (AvgIpc) is 3.10. The van der Waals surface area contributed by atoms with E-state index in [1.165, 1.54) is 11.1 Å². The first-order valence-corrected chi connectivity index (χ1v) is 10.6. The van der Waals surface area contributed by atoms with Gasteiger partial charge in [0.25, 0.3) is 0 Å². The van der Waals surface area contributed by atoms with Gasteiger partial charge >= 0.3 is 5.97 Å². The van der Waals surface area contributed by atoms with Crippen molar-refractivity contribution >= 4 is 11.8 Å². The minimum atomic E-state index is -0.914. The molecule has 30 heavy (non-hydrogen) atoms. The number of Topliss-reactive ketones (excluding diaryl/α,β-unsaturated/α-hetero) is 1. The lowest BCUT2D eigenvalue weighted by molar-refractivity contribution is -0.121. The molecule has 1 unspecified atom stereocenters. The lowest BCUT2D eigenvalue weighted by Gasteiger charge is -2.15. The van der Waals surface area contributed by atoms with Crippen LogP contribution in [0, 0.1) is 11.8 Å². The average molecular weight is 407 g/mol. The fourth-order valence-corrected chi connectivity index (χ4v) is 4.24. The van der Waals surface area contributed by atoms with Crippen LogP contribution in [-0.4, -0.2) is 24.0 Å². The van der Waals surface area contributed by atoms with Crippen LogP contribution in [0.2, 0.25) is 0 Å². The number of carboxylic acid groups (broad SMARTS) is 1. The second-order valence-corrected chi connectivity index (χ2v) is 8.04. The van der Waals surface area contributed by atoms with Gasteiger partial charge in [0.2, 0.25) is 0 Å². The molecule has 0 aliphatic heterocycles. The number of rotatable bonds is 10. The second kappa shape index (κ2) is 10.9. The number of carboxylic acids is 1. The standard InChI is InChI=1S/C26H30O4/c1-30-18-21-7-4-6-20(17-21)5-2-3-8-22-14-16-25(27)24(22)15-11-19-9-12-23(13-10-19)26(28)29/h3-4,6-10,12-13,17,22,24H,2,5,11,14-16,18H2,1H3,(H,28,29)/b8-3+/t22?,24-/m1/s1. The van der Waals surface area contributed by atoms with Gasteiger partial charge in [0.15, 0.2) is 0 Å². The fourth-order valence-electron chi connectivity index (χ4n) is 4.24. The number of methoxy groups -OCH3 is 1. The summed E-state index contributed by atoms with van der Waals surface area (Å²) >= 11 is 0. The first-order valence-electron chi connectivity index (χ1n) is 10.6. The molecule has 1 aliphatic carbocycles. The first-order chi connectivity index (χ1) is 14.6. The zero-order chi connectivity index (χ0) is 21.3. The number of benzene rings is 2. The van der Waals surface area contributed by atoms with Gasteiger partial charge in [-0.15, -0.1) is 0 Å². The fraction of sp³-hybridized carbons (Fsp3) is 0.385. The van der Waals surface area contributed by atoms with E-state index in [0.29, 0.717) is 30.3 Å². The number of ketones is 1. The summed E-state index contributed by atoms with van der Waals surface area (Å²) in [6.45, 7) is 0.634. The smallest absolute Gasteiger partial charge is 0.335 e. The molecule has 2 aromatic carbocycles. The summed E-state index contributed by atoms with van der Waals surface area (Å²) in [6.07, 6.45) is 9.62. The van der Waals surface area contributed by atoms with Gasteiger partial charge in [-0.25, -0.2) is 4.79 Å². The van der Waals surface area contributed by atoms with Gasteiger partial charge in [-0.1, -0.05) is 48.6 Å². The van der Waals surface area contributed by atoms with Crippen LogP contribution in [0.15, 0.2) is 60.7 Å². The van der Waals surface area contributed by atoms with E-state index >= 15 is 0 Å². The van der Waals surface area contributed by atoms with Gasteiger partial charge in [0.05, 0.1) is 12.2 Å². The second-order valence-electron chi connectivity index (χ2n) is 8.04. The van der Waals surface area contributed by atoms with E-state index in [9.17, 15) is 9.59 Å². The SMILES string of the molecule is COCc1cccc(CC/C=C/C2CCC(=O)[C@@H]2CCc2ccc(C(=O)O)cc2)c1. The highest BCUT2D eigenvalue weighted by atomic mass is 16.5. The normalized spacial score (nSPS) is 18.9. The van der Waals surface area contributed by atoms with Gasteiger partial charge in [-0.2, -0.15) is 0 Å². The van der Waals surface area contributed by atoms with Crippen molar-refractivity contribution in [2.24, 2.45) is 11.8 Å². The minimum absolute atomic E-state index is 0.0745. The van der Waals surface area contributed by atoms with Crippen LogP contribution in [0.1, 0.15) is 52.7 Å². The molecule has 2 atom stereocenters. The third-order valence-electron chi connectivity index (χ3n) is 5.88. The Balaban J connectivity index is 1.50. The van der Waals surface area contributed by atoms with E-state index in [1.807, 2.05) is 12.1 Å². The first kappa shape index (κ1) is 22.0. The monoisotopic (exact) mass is 406 g/mol. The maximum Gasteiger partial charge on any atom is 0.335 e. The molecule has 1 fully saturated rings. The number of allylic oxidation sites excluding steroid dienone is 2. The van der Waals surface area contributed by atoms with Gasteiger partial charge in [-0.05, 0) is 66.8 Å². The Labute approximate surface area is 178 Å². The molecule has 0 amide bonds. The number of aromatic carboxylic acids is 1. The van der Waals surface area contributed by atoms with Crippen LogP contribution < -0.4 is 0 Å². The zero-order valence-corrected chi connectivity index (χ0v) is 17.5. The maximum atomic E-state index is 12.4. The molecular weight excluding hydrogens is 376 g/mol. The van der Waals surface area contributed by atoms with Crippen LogP contribution in [0.4, 0.5) is 0 Å². The Morgan fingerprint density at radius 3 is 2.60 bits per heavy atom. The lowest BCUT2D eigenvalue weighted by atomic mass is 9.89. The quantitative estimate of drug-likeness (QED) is 0.548. The number of hydrogen-bond donors (Lipinski definition) is 1. The van der Waals surface area contributed by atoms with Crippen LogP contribution >= 0.6 is 0 Å². The van der Waals surface area contributed by atoms with Gasteiger partial charge < -0.3 is 9.84 Å². The van der Waals surface area contributed by atoms with Crippen molar-refractivity contribution in [3.05, 3.63) is 82.9 Å². The summed E-state index contributed by atoms with van der Waals surface area (Å²) in [6, 6.07) is 15.4. The molecule has 4 heteroatoms. The molecule has 1 aliphatic rings. The molecule has 0 radical (unpaired) electrons. The van der Waals surface area contributed by atoms with E-state index in [4.69, 9.17) is 9.84 Å². The Kier molecular flexibility index (Phi) is 7.97. The van der Waals surface area contributed by atoms with Crippen LogP contribution in [0.3, 0.4) is 0 Å². The number of ether oxygens (including phenoxy) is 1. The topological polar surface area (TPSA) is 63.6 Å². The van der Waals surface area contributed by atoms with E-state index in [-0.39, 0.29) is 5.92 Å². The number of hydrogen-bond acceptors (Lipinski definition) is 3. The van der Waals surface area contributed by atoms with Crippen molar-refractivity contribution in [1.82, 2.24) is 0 Å². The molecule has 0 aromatic heterocycles. The number of carbonyl (C=O) groups is 2. The number of carbonyl (C=O) groups excluding carboxylic acids is 1. The van der Waals surface area contributed by atoms with Crippen LogP contribution in [0.25, 0.3) is 0 Å². The molecule has 0 heterocycles. The summed E-state index contributed by atoms with van der Waals surface area (Å²) in [4.78, 5) is 23.3. The molecule has 2 aromatic rings. The van der Waals surface area contributed by atoms with Crippen molar-refractivity contribution in [1.29, 1.82) is 0 Å². The largest absolute Gasteiger partial charge is 0.478 e. The summed E-state index contributed by atoms with van der Waals surface area (Å²) in [5, 5.41) is 9.00. The third kappa shape index (κ3) is 6.14. The highest BCUT2D eigenvalue weighted by Gasteiger charge is 2.32. The Bertz CT molecular complexity index is 882. The van der Waals surface area contributed by atoms with Gasteiger partial charge in [0, 0.05) is 19.4 Å². The van der Waals surface area contributed by atoms with Crippen molar-refractivity contribution in [2.75, 3.05) is 7.11 Å². The highest BCUT2D eigenvalue weighted by molar-refractivity contribution is 5.87. The highest BCUT2D eigenvalue weighted by Crippen LogP contribution is 2.33. The molecular formula is C26H30O4. The van der Waals surface area contributed by atoms with E-state index in [1.54, 1.807) is 19.2 Å².